The summed E-state index contributed by atoms with van der Waals surface area (Å²) in [5.41, 5.74) is 0.0536. The predicted octanol–water partition coefficient (Wildman–Crippen LogP) is 3.56. The molecular formula is C18H13ClF2N4O2S. The molecule has 0 saturated heterocycles. The number of halogens is 3. The van der Waals surface area contributed by atoms with Gasteiger partial charge in [0, 0.05) is 5.56 Å². The Morgan fingerprint density at radius 3 is 2.79 bits per heavy atom. The molecule has 0 saturated carbocycles. The summed E-state index contributed by atoms with van der Waals surface area (Å²) in [5.74, 6) is -1.31. The number of amides is 1. The van der Waals surface area contributed by atoms with Gasteiger partial charge in [0.1, 0.15) is 12.4 Å². The van der Waals surface area contributed by atoms with E-state index in [1.807, 2.05) is 0 Å². The van der Waals surface area contributed by atoms with Crippen molar-refractivity contribution >= 4 is 29.3 Å². The highest BCUT2D eigenvalue weighted by molar-refractivity contribution is 7.99. The van der Waals surface area contributed by atoms with Gasteiger partial charge in [-0.15, -0.1) is 10.2 Å². The number of para-hydroxylation sites is 1. The largest absolute Gasteiger partial charge is 0.484 e. The molecule has 0 atom stereocenters. The van der Waals surface area contributed by atoms with Gasteiger partial charge in [-0.3, -0.25) is 4.79 Å². The number of ether oxygens (including phenoxy) is 1. The van der Waals surface area contributed by atoms with E-state index in [0.717, 1.165) is 6.07 Å². The van der Waals surface area contributed by atoms with Crippen LogP contribution in [0, 0.1) is 11.6 Å². The molecule has 0 fully saturated rings. The summed E-state index contributed by atoms with van der Waals surface area (Å²) < 4.78 is 34.8. The maximum atomic E-state index is 14.1. The van der Waals surface area contributed by atoms with E-state index in [4.69, 9.17) is 16.3 Å². The van der Waals surface area contributed by atoms with Crippen molar-refractivity contribution in [3.63, 3.8) is 0 Å². The summed E-state index contributed by atoms with van der Waals surface area (Å²) in [5, 5.41) is 10.3. The number of hydrogen-bond acceptors (Lipinski definition) is 5. The number of hydrogen-bond donors (Lipinski definition) is 0. The second-order valence-corrected chi connectivity index (χ2v) is 7.23. The molecule has 6 nitrogen and oxygen atoms in total. The molecule has 2 heterocycles. The molecule has 0 spiro atoms. The molecule has 1 aliphatic rings. The van der Waals surface area contributed by atoms with E-state index >= 15 is 0 Å². The fourth-order valence-corrected chi connectivity index (χ4v) is 3.74. The smallest absolute Gasteiger partial charge is 0.252 e. The van der Waals surface area contributed by atoms with Crippen molar-refractivity contribution in [2.75, 3.05) is 10.8 Å². The van der Waals surface area contributed by atoms with E-state index in [-0.39, 0.29) is 30.4 Å². The third-order valence-corrected chi connectivity index (χ3v) is 5.29. The minimum atomic E-state index is -0.989. The van der Waals surface area contributed by atoms with Crippen molar-refractivity contribution in [2.45, 2.75) is 18.3 Å². The number of fused-ring (bicyclic) bond motifs is 1. The normalized spacial score (nSPS) is 13.5. The van der Waals surface area contributed by atoms with E-state index in [9.17, 15) is 13.6 Å². The van der Waals surface area contributed by atoms with Gasteiger partial charge in [-0.2, -0.15) is 0 Å². The molecule has 1 amide bonds. The molecule has 2 aromatic carbocycles. The Labute approximate surface area is 168 Å². The van der Waals surface area contributed by atoms with Crippen LogP contribution in [-0.4, -0.2) is 26.5 Å². The maximum absolute atomic E-state index is 14.1. The van der Waals surface area contributed by atoms with Gasteiger partial charge < -0.3 is 4.74 Å². The summed E-state index contributed by atoms with van der Waals surface area (Å²) in [6.07, 6.45) is 0. The van der Waals surface area contributed by atoms with E-state index in [0.29, 0.717) is 21.8 Å². The molecule has 0 aliphatic carbocycles. The molecule has 0 bridgehead atoms. The summed E-state index contributed by atoms with van der Waals surface area (Å²) in [6, 6.07) is 10.8. The van der Waals surface area contributed by atoms with E-state index in [1.54, 1.807) is 24.3 Å². The van der Waals surface area contributed by atoms with Crippen molar-refractivity contribution in [3.8, 4) is 5.75 Å². The van der Waals surface area contributed by atoms with Gasteiger partial charge in [0.05, 0.1) is 17.3 Å². The Hall–Kier alpha value is -2.65. The SMILES string of the molecule is O=C1CSc2nnc(COc3ccccc3Cl)n2N1Cc1cccc(F)c1F. The fraction of sp³-hybridized carbons (Fsp3) is 0.167. The zero-order valence-electron chi connectivity index (χ0n) is 14.3. The first kappa shape index (κ1) is 18.7. The Morgan fingerprint density at radius 2 is 1.96 bits per heavy atom. The number of nitrogens with zero attached hydrogens (tertiary/aromatic N) is 4. The van der Waals surface area contributed by atoms with Gasteiger partial charge in [0.25, 0.3) is 5.91 Å². The van der Waals surface area contributed by atoms with Gasteiger partial charge in [-0.05, 0) is 18.2 Å². The molecule has 0 unspecified atom stereocenters. The summed E-state index contributed by atoms with van der Waals surface area (Å²) in [4.78, 5) is 12.5. The van der Waals surface area contributed by atoms with Gasteiger partial charge in [0.15, 0.2) is 17.5 Å². The quantitative estimate of drug-likeness (QED) is 0.629. The Kier molecular flexibility index (Phi) is 5.19. The summed E-state index contributed by atoms with van der Waals surface area (Å²) >= 11 is 7.30. The predicted molar refractivity (Wildman–Crippen MR) is 99.8 cm³/mol. The van der Waals surface area contributed by atoms with Crippen LogP contribution in [0.15, 0.2) is 47.6 Å². The summed E-state index contributed by atoms with van der Waals surface area (Å²) in [6.45, 7) is -0.167. The molecular weight excluding hydrogens is 410 g/mol. The van der Waals surface area contributed by atoms with Crippen molar-refractivity contribution in [1.29, 1.82) is 0 Å². The first-order valence-corrected chi connectivity index (χ1v) is 9.59. The lowest BCUT2D eigenvalue weighted by Crippen LogP contribution is -2.45. The molecule has 144 valence electrons. The van der Waals surface area contributed by atoms with Crippen LogP contribution in [0.25, 0.3) is 0 Å². The van der Waals surface area contributed by atoms with Gasteiger partial charge in [-0.1, -0.05) is 47.6 Å². The second-order valence-electron chi connectivity index (χ2n) is 5.88. The van der Waals surface area contributed by atoms with Crippen LogP contribution in [0.1, 0.15) is 11.4 Å². The monoisotopic (exact) mass is 422 g/mol. The molecule has 10 heteroatoms. The first-order chi connectivity index (χ1) is 13.5. The minimum Gasteiger partial charge on any atom is -0.484 e. The third kappa shape index (κ3) is 3.55. The van der Waals surface area contributed by atoms with E-state index < -0.39 is 11.6 Å². The minimum absolute atomic E-state index is 0.00724. The van der Waals surface area contributed by atoms with Gasteiger partial charge >= 0.3 is 0 Å². The number of thioether (sulfide) groups is 1. The maximum Gasteiger partial charge on any atom is 0.252 e. The Balaban J connectivity index is 1.62. The molecule has 1 aliphatic heterocycles. The van der Waals surface area contributed by atoms with E-state index in [1.165, 1.54) is 33.6 Å². The van der Waals surface area contributed by atoms with Crippen molar-refractivity contribution < 1.29 is 18.3 Å². The number of carbonyl (C=O) groups is 1. The van der Waals surface area contributed by atoms with Crippen molar-refractivity contribution in [3.05, 3.63) is 70.5 Å². The average Bonchev–Trinajstić information content (AvgIpc) is 3.10. The summed E-state index contributed by atoms with van der Waals surface area (Å²) in [7, 11) is 0. The molecule has 4 rings (SSSR count). The number of benzene rings is 2. The van der Waals surface area contributed by atoms with Crippen molar-refractivity contribution in [2.24, 2.45) is 0 Å². The molecule has 28 heavy (non-hydrogen) atoms. The van der Waals surface area contributed by atoms with Crippen LogP contribution in [0.5, 0.6) is 5.75 Å². The standard InChI is InChI=1S/C18H13ClF2N4O2S/c19-12-5-1-2-7-14(12)27-9-15-22-23-18-25(15)24(16(26)10-28-18)8-11-4-3-6-13(20)17(11)21/h1-7H,8-10H2. The lowest BCUT2D eigenvalue weighted by molar-refractivity contribution is -0.118. The van der Waals surface area contributed by atoms with Crippen LogP contribution in [0.3, 0.4) is 0 Å². The molecule has 0 N–H and O–H groups in total. The zero-order chi connectivity index (χ0) is 19.7. The van der Waals surface area contributed by atoms with Gasteiger partial charge in [0.2, 0.25) is 5.16 Å². The second kappa shape index (κ2) is 7.76. The Bertz CT molecular complexity index is 1050. The first-order valence-electron chi connectivity index (χ1n) is 8.22. The Morgan fingerprint density at radius 1 is 1.14 bits per heavy atom. The number of carbonyl (C=O) groups excluding carboxylic acids is 1. The van der Waals surface area contributed by atoms with Crippen LogP contribution < -0.4 is 9.75 Å². The lowest BCUT2D eigenvalue weighted by Gasteiger charge is -2.29. The highest BCUT2D eigenvalue weighted by Crippen LogP contribution is 2.27. The topological polar surface area (TPSA) is 60.2 Å². The zero-order valence-corrected chi connectivity index (χ0v) is 15.9. The van der Waals surface area contributed by atoms with Crippen LogP contribution in [-0.2, 0) is 17.9 Å². The van der Waals surface area contributed by atoms with Crippen LogP contribution in [0.2, 0.25) is 5.02 Å². The van der Waals surface area contributed by atoms with E-state index in [2.05, 4.69) is 10.2 Å². The van der Waals surface area contributed by atoms with Crippen molar-refractivity contribution in [1.82, 2.24) is 14.9 Å². The molecule has 0 radical (unpaired) electrons. The lowest BCUT2D eigenvalue weighted by atomic mass is 10.2. The molecule has 1 aromatic heterocycles. The average molecular weight is 423 g/mol. The van der Waals surface area contributed by atoms with Crippen LogP contribution in [0.4, 0.5) is 8.78 Å². The molecule has 3 aromatic rings. The van der Waals surface area contributed by atoms with Crippen LogP contribution >= 0.6 is 23.4 Å². The number of aromatic nitrogens is 3. The highest BCUT2D eigenvalue weighted by Gasteiger charge is 2.30. The van der Waals surface area contributed by atoms with Gasteiger partial charge in [-0.25, -0.2) is 18.5 Å². The highest BCUT2D eigenvalue weighted by atomic mass is 35.5. The number of rotatable bonds is 5. The fourth-order valence-electron chi connectivity index (χ4n) is 2.73. The third-order valence-electron chi connectivity index (χ3n) is 4.08.